The van der Waals surface area contributed by atoms with Crippen LogP contribution in [0.5, 0.6) is 0 Å². The summed E-state index contributed by atoms with van der Waals surface area (Å²) in [4.78, 5) is 3.01. The van der Waals surface area contributed by atoms with Gasteiger partial charge in [0.05, 0.1) is 0 Å². The number of rotatable bonds is 1. The van der Waals surface area contributed by atoms with E-state index in [2.05, 4.69) is 67.2 Å². The molecule has 0 radical (unpaired) electrons. The maximum Gasteiger partial charge on any atom is 0.0420 e. The molecular weight excluding hydrogens is 270 g/mol. The molecule has 2 aliphatic rings. The molecule has 0 fully saturated rings. The van der Waals surface area contributed by atoms with Gasteiger partial charge >= 0.3 is 0 Å². The first kappa shape index (κ1) is 13.2. The van der Waals surface area contributed by atoms with Gasteiger partial charge in [-0.1, -0.05) is 55.4 Å². The van der Waals surface area contributed by atoms with Crippen LogP contribution in [0.4, 0.5) is 0 Å². The van der Waals surface area contributed by atoms with Crippen LogP contribution in [0, 0.1) is 0 Å². The van der Waals surface area contributed by atoms with Crippen molar-refractivity contribution < 1.29 is 0 Å². The first-order valence-corrected chi connectivity index (χ1v) is 7.67. The molecule has 3 heteroatoms. The number of benzene rings is 2. The zero-order chi connectivity index (χ0) is 15.4. The monoisotopic (exact) mass is 287 g/mol. The van der Waals surface area contributed by atoms with Crippen LogP contribution in [-0.2, 0) is 0 Å². The maximum absolute atomic E-state index is 8.87. The van der Waals surface area contributed by atoms with Gasteiger partial charge in [0.2, 0.25) is 0 Å². The standard InChI is InChI=1S/C19H17N3/c1-10-8-11(2)14-6-7-16-17(21-22-20)9-12(3)15-5-4-13(10)18(14)19(15)16/h4-9,11-12H,1-3H3. The molecule has 0 aromatic heterocycles. The normalized spacial score (nSPS) is 22.0. The minimum atomic E-state index is 0.263. The Balaban J connectivity index is 2.19. The van der Waals surface area contributed by atoms with Crippen LogP contribution in [0.1, 0.15) is 54.9 Å². The summed E-state index contributed by atoms with van der Waals surface area (Å²) in [6.07, 6.45) is 4.39. The van der Waals surface area contributed by atoms with Gasteiger partial charge in [-0.15, -0.1) is 0 Å². The molecule has 2 aromatic rings. The fourth-order valence-corrected chi connectivity index (χ4v) is 3.96. The molecule has 0 aliphatic heterocycles. The largest absolute Gasteiger partial charge is 0.0737 e. The van der Waals surface area contributed by atoms with E-state index in [-0.39, 0.29) is 5.92 Å². The van der Waals surface area contributed by atoms with Crippen LogP contribution in [0.3, 0.4) is 0 Å². The Kier molecular flexibility index (Phi) is 2.69. The molecule has 2 aliphatic carbocycles. The van der Waals surface area contributed by atoms with Crippen LogP contribution in [0.2, 0.25) is 0 Å². The van der Waals surface area contributed by atoms with Crippen molar-refractivity contribution >= 4 is 22.0 Å². The Morgan fingerprint density at radius 2 is 1.50 bits per heavy atom. The quantitative estimate of drug-likeness (QED) is 0.344. The highest BCUT2D eigenvalue weighted by Gasteiger charge is 2.25. The molecule has 0 saturated heterocycles. The van der Waals surface area contributed by atoms with E-state index in [0.717, 1.165) is 11.3 Å². The first-order valence-electron chi connectivity index (χ1n) is 7.67. The van der Waals surface area contributed by atoms with Crippen molar-refractivity contribution in [1.82, 2.24) is 0 Å². The van der Waals surface area contributed by atoms with E-state index in [1.807, 2.05) is 0 Å². The van der Waals surface area contributed by atoms with Gasteiger partial charge in [0.1, 0.15) is 0 Å². The molecule has 2 aromatic carbocycles. The Bertz CT molecular complexity index is 927. The van der Waals surface area contributed by atoms with E-state index in [1.54, 1.807) is 0 Å². The summed E-state index contributed by atoms with van der Waals surface area (Å²) < 4.78 is 0. The fraction of sp³-hybridized carbons (Fsp3) is 0.263. The summed E-state index contributed by atoms with van der Waals surface area (Å²) in [5.74, 6) is 0.680. The predicted molar refractivity (Wildman–Crippen MR) is 91.6 cm³/mol. The Morgan fingerprint density at radius 1 is 0.909 bits per heavy atom. The van der Waals surface area contributed by atoms with Gasteiger partial charge in [0, 0.05) is 22.4 Å². The molecule has 3 nitrogen and oxygen atoms in total. The van der Waals surface area contributed by atoms with Crippen molar-refractivity contribution in [3.8, 4) is 0 Å². The van der Waals surface area contributed by atoms with Gasteiger partial charge < -0.3 is 0 Å². The number of nitrogens with zero attached hydrogens (tertiary/aromatic N) is 3. The molecule has 4 rings (SSSR count). The van der Waals surface area contributed by atoms with Gasteiger partial charge in [-0.05, 0) is 51.1 Å². The zero-order valence-corrected chi connectivity index (χ0v) is 13.0. The molecule has 22 heavy (non-hydrogen) atoms. The highest BCUT2D eigenvalue weighted by Crippen LogP contribution is 2.46. The summed E-state index contributed by atoms with van der Waals surface area (Å²) in [7, 11) is 0. The van der Waals surface area contributed by atoms with Crippen LogP contribution < -0.4 is 0 Å². The maximum atomic E-state index is 8.87. The Hall–Kier alpha value is -2.51. The molecule has 0 heterocycles. The van der Waals surface area contributed by atoms with Gasteiger partial charge in [0.25, 0.3) is 0 Å². The predicted octanol–water partition coefficient (Wildman–Crippen LogP) is 6.13. The summed E-state index contributed by atoms with van der Waals surface area (Å²) in [5.41, 5.74) is 16.0. The average Bonchev–Trinajstić information content (AvgIpc) is 2.50. The summed E-state index contributed by atoms with van der Waals surface area (Å²) >= 11 is 0. The summed E-state index contributed by atoms with van der Waals surface area (Å²) in [5, 5.41) is 6.54. The lowest BCUT2D eigenvalue weighted by Gasteiger charge is -2.28. The van der Waals surface area contributed by atoms with Crippen molar-refractivity contribution in [2.24, 2.45) is 5.11 Å². The van der Waals surface area contributed by atoms with E-state index in [0.29, 0.717) is 5.92 Å². The second-order valence-corrected chi connectivity index (χ2v) is 6.32. The van der Waals surface area contributed by atoms with E-state index >= 15 is 0 Å². The lowest BCUT2D eigenvalue weighted by molar-refractivity contribution is 0.953. The highest BCUT2D eigenvalue weighted by atomic mass is 15.1. The highest BCUT2D eigenvalue weighted by molar-refractivity contribution is 6.06. The molecule has 108 valence electrons. The van der Waals surface area contributed by atoms with E-state index in [1.165, 1.54) is 33.0 Å². The third-order valence-corrected chi connectivity index (χ3v) is 4.97. The summed E-state index contributed by atoms with van der Waals surface area (Å²) in [6, 6.07) is 8.77. The van der Waals surface area contributed by atoms with Crippen molar-refractivity contribution in [2.75, 3.05) is 0 Å². The lowest BCUT2D eigenvalue weighted by Crippen LogP contribution is -2.07. The Labute approximate surface area is 129 Å². The lowest BCUT2D eigenvalue weighted by atomic mass is 9.77. The third-order valence-electron chi connectivity index (χ3n) is 4.97. The third kappa shape index (κ3) is 1.60. The molecule has 0 N–H and O–H groups in total. The van der Waals surface area contributed by atoms with Crippen molar-refractivity contribution in [3.63, 3.8) is 0 Å². The van der Waals surface area contributed by atoms with E-state index < -0.39 is 0 Å². The molecular formula is C19H17N3. The topological polar surface area (TPSA) is 48.8 Å². The molecule has 0 spiro atoms. The second kappa shape index (κ2) is 4.49. The van der Waals surface area contributed by atoms with Crippen LogP contribution >= 0.6 is 0 Å². The molecule has 2 atom stereocenters. The number of allylic oxidation sites excluding steroid dienone is 3. The van der Waals surface area contributed by atoms with E-state index in [9.17, 15) is 0 Å². The molecule has 0 saturated carbocycles. The van der Waals surface area contributed by atoms with Gasteiger partial charge in [-0.3, -0.25) is 0 Å². The van der Waals surface area contributed by atoms with Crippen LogP contribution in [0.15, 0.2) is 41.5 Å². The average molecular weight is 287 g/mol. The number of hydrogen-bond acceptors (Lipinski definition) is 1. The SMILES string of the molecule is CC1=CC(C)c2ccc3c4c(ccc1c24)C(C)C=C3N=[N+]=[N-]. The van der Waals surface area contributed by atoms with E-state index in [4.69, 9.17) is 5.53 Å². The van der Waals surface area contributed by atoms with Gasteiger partial charge in [-0.2, -0.15) is 0 Å². The number of hydrogen-bond donors (Lipinski definition) is 0. The fourth-order valence-electron chi connectivity index (χ4n) is 3.96. The van der Waals surface area contributed by atoms with Gasteiger partial charge in [0.15, 0.2) is 0 Å². The molecule has 0 bridgehead atoms. The smallest absolute Gasteiger partial charge is 0.0420 e. The van der Waals surface area contributed by atoms with Gasteiger partial charge in [-0.25, -0.2) is 0 Å². The second-order valence-electron chi connectivity index (χ2n) is 6.32. The van der Waals surface area contributed by atoms with Crippen molar-refractivity contribution in [1.29, 1.82) is 0 Å². The zero-order valence-electron chi connectivity index (χ0n) is 13.0. The van der Waals surface area contributed by atoms with Crippen molar-refractivity contribution in [2.45, 2.75) is 32.6 Å². The molecule has 0 amide bonds. The molecule has 2 unspecified atom stereocenters. The first-order chi connectivity index (χ1) is 10.6. The van der Waals surface area contributed by atoms with Crippen LogP contribution in [0.25, 0.3) is 32.5 Å². The minimum Gasteiger partial charge on any atom is -0.0737 e. The minimum absolute atomic E-state index is 0.263. The number of azide groups is 1. The summed E-state index contributed by atoms with van der Waals surface area (Å²) in [6.45, 7) is 6.59. The van der Waals surface area contributed by atoms with Crippen LogP contribution in [-0.4, -0.2) is 0 Å². The Morgan fingerprint density at radius 3 is 2.18 bits per heavy atom. The van der Waals surface area contributed by atoms with Crippen molar-refractivity contribution in [3.05, 3.63) is 69.1 Å².